The van der Waals surface area contributed by atoms with Crippen molar-refractivity contribution in [3.8, 4) is 5.88 Å². The van der Waals surface area contributed by atoms with E-state index in [4.69, 9.17) is 4.74 Å². The van der Waals surface area contributed by atoms with Crippen LogP contribution in [0.15, 0.2) is 42.5 Å². The Morgan fingerprint density at radius 1 is 1.27 bits per heavy atom. The molecule has 1 amide bonds. The number of ether oxygens (including phenoxy) is 1. The molecule has 1 aromatic carbocycles. The molecule has 0 aliphatic heterocycles. The van der Waals surface area contributed by atoms with Gasteiger partial charge in [-0.05, 0) is 25.1 Å². The summed E-state index contributed by atoms with van der Waals surface area (Å²) in [6, 6.07) is 12.9. The summed E-state index contributed by atoms with van der Waals surface area (Å²) in [5.74, 6) is 0.634. The molecule has 1 heterocycles. The van der Waals surface area contributed by atoms with Crippen molar-refractivity contribution in [1.82, 2.24) is 4.98 Å². The largest absolute Gasteiger partial charge is 0.481 e. The van der Waals surface area contributed by atoms with Crippen molar-refractivity contribution in [3.63, 3.8) is 0 Å². The first-order chi connectivity index (χ1) is 10.6. The Bertz CT molecular complexity index is 630. The van der Waals surface area contributed by atoms with Gasteiger partial charge in [-0.3, -0.25) is 4.79 Å². The monoisotopic (exact) mass is 301 g/mol. The lowest BCUT2D eigenvalue weighted by atomic mass is 10.2. The molecule has 116 valence electrons. The fourth-order valence-electron chi connectivity index (χ4n) is 1.88. The molecule has 0 spiro atoms. The van der Waals surface area contributed by atoms with E-state index in [9.17, 15) is 9.90 Å². The third-order valence-corrected chi connectivity index (χ3v) is 2.87. The second-order valence-corrected chi connectivity index (χ2v) is 4.84. The number of hydrogen-bond acceptors (Lipinski definition) is 5. The zero-order valence-electron chi connectivity index (χ0n) is 12.5. The number of aliphatic hydroxyl groups excluding tert-OH is 1. The minimum Gasteiger partial charge on any atom is -0.481 e. The number of hydrogen-bond donors (Lipinski definition) is 3. The molecule has 2 aromatic rings. The fraction of sp³-hybridized carbons (Fsp3) is 0.250. The number of aromatic nitrogens is 1. The van der Waals surface area contributed by atoms with Gasteiger partial charge in [-0.15, -0.1) is 0 Å². The van der Waals surface area contributed by atoms with Crippen LogP contribution in [0.1, 0.15) is 13.3 Å². The average Bonchev–Trinajstić information content (AvgIpc) is 2.49. The third-order valence-electron chi connectivity index (χ3n) is 2.87. The van der Waals surface area contributed by atoms with Crippen LogP contribution in [0.3, 0.4) is 0 Å². The Hall–Kier alpha value is -2.60. The highest BCUT2D eigenvalue weighted by molar-refractivity contribution is 5.94. The number of methoxy groups -OCH3 is 1. The summed E-state index contributed by atoms with van der Waals surface area (Å²) in [6.45, 7) is 1.56. The van der Waals surface area contributed by atoms with Crippen LogP contribution in [-0.4, -0.2) is 29.2 Å². The number of carbonyl (C=O) groups is 1. The van der Waals surface area contributed by atoms with E-state index in [1.165, 1.54) is 7.11 Å². The number of benzene rings is 1. The van der Waals surface area contributed by atoms with Crippen molar-refractivity contribution in [2.45, 2.75) is 19.4 Å². The maximum Gasteiger partial charge on any atom is 0.227 e. The number of anilines is 3. The van der Waals surface area contributed by atoms with Gasteiger partial charge >= 0.3 is 0 Å². The fourth-order valence-corrected chi connectivity index (χ4v) is 1.88. The zero-order chi connectivity index (χ0) is 15.9. The molecule has 0 fully saturated rings. The first kappa shape index (κ1) is 15.8. The lowest BCUT2D eigenvalue weighted by Gasteiger charge is -2.14. The molecule has 3 N–H and O–H groups in total. The maximum atomic E-state index is 11.8. The number of nitrogens with zero attached hydrogens (tertiary/aromatic N) is 1. The molecule has 0 saturated carbocycles. The quantitative estimate of drug-likeness (QED) is 0.763. The number of rotatable bonds is 6. The van der Waals surface area contributed by atoms with Gasteiger partial charge in [0.15, 0.2) is 5.82 Å². The van der Waals surface area contributed by atoms with E-state index in [2.05, 4.69) is 15.6 Å². The predicted octanol–water partition coefficient (Wildman–Crippen LogP) is 2.54. The summed E-state index contributed by atoms with van der Waals surface area (Å²) < 4.78 is 5.11. The van der Waals surface area contributed by atoms with Gasteiger partial charge in [-0.1, -0.05) is 18.2 Å². The van der Waals surface area contributed by atoms with Crippen molar-refractivity contribution in [3.05, 3.63) is 42.5 Å². The van der Waals surface area contributed by atoms with Crippen molar-refractivity contribution < 1.29 is 14.6 Å². The van der Waals surface area contributed by atoms with Gasteiger partial charge < -0.3 is 20.5 Å². The molecule has 6 heteroatoms. The first-order valence-corrected chi connectivity index (χ1v) is 6.93. The van der Waals surface area contributed by atoms with Gasteiger partial charge in [0.25, 0.3) is 0 Å². The summed E-state index contributed by atoms with van der Waals surface area (Å²) in [6.07, 6.45) is -0.673. The Balaban J connectivity index is 2.23. The molecule has 0 saturated heterocycles. The van der Waals surface area contributed by atoms with Crippen LogP contribution in [0.5, 0.6) is 5.88 Å². The maximum absolute atomic E-state index is 11.8. The Labute approximate surface area is 129 Å². The number of carbonyl (C=O) groups excluding carboxylic acids is 1. The topological polar surface area (TPSA) is 83.5 Å². The molecular weight excluding hydrogens is 282 g/mol. The van der Waals surface area contributed by atoms with Gasteiger partial charge in [0.05, 0.1) is 25.3 Å². The highest BCUT2D eigenvalue weighted by Crippen LogP contribution is 2.26. The molecule has 2 rings (SSSR count). The van der Waals surface area contributed by atoms with E-state index in [-0.39, 0.29) is 12.3 Å². The van der Waals surface area contributed by atoms with Crippen LogP contribution in [0.4, 0.5) is 17.2 Å². The second-order valence-electron chi connectivity index (χ2n) is 4.84. The molecule has 0 aliphatic rings. The van der Waals surface area contributed by atoms with Crippen LogP contribution >= 0.6 is 0 Å². The summed E-state index contributed by atoms with van der Waals surface area (Å²) in [5.41, 5.74) is 1.37. The van der Waals surface area contributed by atoms with Gasteiger partial charge in [-0.25, -0.2) is 0 Å². The van der Waals surface area contributed by atoms with E-state index >= 15 is 0 Å². The number of amides is 1. The molecule has 6 nitrogen and oxygen atoms in total. The van der Waals surface area contributed by atoms with Crippen LogP contribution in [-0.2, 0) is 4.79 Å². The van der Waals surface area contributed by atoms with Crippen LogP contribution in [0.2, 0.25) is 0 Å². The second kappa shape index (κ2) is 7.42. The first-order valence-electron chi connectivity index (χ1n) is 6.93. The number of pyridine rings is 1. The summed E-state index contributed by atoms with van der Waals surface area (Å²) >= 11 is 0. The molecule has 0 aliphatic carbocycles. The molecule has 1 aromatic heterocycles. The van der Waals surface area contributed by atoms with Gasteiger partial charge in [0, 0.05) is 11.8 Å². The summed E-state index contributed by atoms with van der Waals surface area (Å²) in [4.78, 5) is 16.1. The summed E-state index contributed by atoms with van der Waals surface area (Å²) in [7, 11) is 1.53. The Kier molecular flexibility index (Phi) is 5.32. The molecular formula is C16H19N3O3. The molecule has 1 unspecified atom stereocenters. The van der Waals surface area contributed by atoms with E-state index in [1.807, 2.05) is 30.3 Å². The van der Waals surface area contributed by atoms with Gasteiger partial charge in [0.2, 0.25) is 11.8 Å². The molecule has 22 heavy (non-hydrogen) atoms. The lowest BCUT2D eigenvalue weighted by Crippen LogP contribution is -2.18. The average molecular weight is 301 g/mol. The van der Waals surface area contributed by atoms with E-state index < -0.39 is 6.10 Å². The Morgan fingerprint density at radius 2 is 2.00 bits per heavy atom. The van der Waals surface area contributed by atoms with E-state index in [0.717, 1.165) is 5.69 Å². The molecule has 0 bridgehead atoms. The number of para-hydroxylation sites is 1. The molecule has 0 radical (unpaired) electrons. The highest BCUT2D eigenvalue weighted by Gasteiger charge is 2.12. The van der Waals surface area contributed by atoms with Crippen LogP contribution in [0.25, 0.3) is 0 Å². The van der Waals surface area contributed by atoms with E-state index in [1.54, 1.807) is 19.1 Å². The van der Waals surface area contributed by atoms with Gasteiger partial charge in [0.1, 0.15) is 0 Å². The number of nitrogens with one attached hydrogen (secondary N) is 2. The van der Waals surface area contributed by atoms with Crippen LogP contribution in [0, 0.1) is 0 Å². The van der Waals surface area contributed by atoms with Crippen LogP contribution < -0.4 is 15.4 Å². The minimum atomic E-state index is -0.697. The van der Waals surface area contributed by atoms with Crippen molar-refractivity contribution >= 4 is 23.1 Å². The predicted molar refractivity (Wildman–Crippen MR) is 85.4 cm³/mol. The minimum absolute atomic E-state index is 0.0246. The SMILES string of the molecule is COc1ccc(NC(=O)CC(C)O)c(Nc2ccccc2)n1. The molecule has 1 atom stereocenters. The third kappa shape index (κ3) is 4.46. The van der Waals surface area contributed by atoms with Gasteiger partial charge in [-0.2, -0.15) is 4.98 Å². The lowest BCUT2D eigenvalue weighted by molar-refractivity contribution is -0.117. The van der Waals surface area contributed by atoms with Crippen molar-refractivity contribution in [2.75, 3.05) is 17.7 Å². The summed E-state index contributed by atoms with van der Waals surface area (Å²) in [5, 5.41) is 15.1. The number of aliphatic hydroxyl groups is 1. The van der Waals surface area contributed by atoms with Crippen molar-refractivity contribution in [1.29, 1.82) is 0 Å². The smallest absolute Gasteiger partial charge is 0.227 e. The van der Waals surface area contributed by atoms with Crippen molar-refractivity contribution in [2.24, 2.45) is 0 Å². The Morgan fingerprint density at radius 3 is 2.64 bits per heavy atom. The standard InChI is InChI=1S/C16H19N3O3/c1-11(20)10-14(21)18-13-8-9-15(22-2)19-16(13)17-12-6-4-3-5-7-12/h3-9,11,20H,10H2,1-2H3,(H,17,19)(H,18,21). The highest BCUT2D eigenvalue weighted by atomic mass is 16.5. The normalized spacial score (nSPS) is 11.6. The van der Waals surface area contributed by atoms with E-state index in [0.29, 0.717) is 17.4 Å². The zero-order valence-corrected chi connectivity index (χ0v) is 12.5.